The van der Waals surface area contributed by atoms with E-state index < -0.39 is 67.0 Å². The minimum atomic E-state index is -1.34. The first-order chi connectivity index (χ1) is 25.2. The van der Waals surface area contributed by atoms with Gasteiger partial charge in [-0.2, -0.15) is 0 Å². The van der Waals surface area contributed by atoms with Gasteiger partial charge >= 0.3 is 23.9 Å². The lowest BCUT2D eigenvalue weighted by Gasteiger charge is -2.45. The molecule has 2 aromatic rings. The monoisotopic (exact) mass is 728 g/mol. The molecular weight excluding hydrogens is 684 g/mol. The summed E-state index contributed by atoms with van der Waals surface area (Å²) in [4.78, 5) is 62.9. The molecule has 0 spiro atoms. The summed E-state index contributed by atoms with van der Waals surface area (Å²) in [6, 6.07) is 18.0. The molecule has 280 valence electrons. The number of amides is 1. The second-order valence-electron chi connectivity index (χ2n) is 13.2. The maximum absolute atomic E-state index is 13.8. The van der Waals surface area contributed by atoms with Gasteiger partial charge in [0.1, 0.15) is 24.4 Å². The Kier molecular flexibility index (Phi) is 12.2. The van der Waals surface area contributed by atoms with E-state index in [9.17, 15) is 24.0 Å². The van der Waals surface area contributed by atoms with Crippen molar-refractivity contribution in [1.29, 1.82) is 0 Å². The zero-order valence-corrected chi connectivity index (χ0v) is 30.8. The highest BCUT2D eigenvalue weighted by Crippen LogP contribution is 2.37. The zero-order valence-electron chi connectivity index (χ0n) is 30.8. The molecule has 1 fully saturated rings. The van der Waals surface area contributed by atoms with Crippen LogP contribution in [-0.4, -0.2) is 82.3 Å². The first-order valence-electron chi connectivity index (χ1n) is 17.3. The summed E-state index contributed by atoms with van der Waals surface area (Å²) in [5.41, 5.74) is 6.14. The largest absolute Gasteiger partial charge is 0.463 e. The number of hydrogen-bond donors (Lipinski definition) is 1. The highest BCUT2D eigenvalue weighted by atomic mass is 16.6. The van der Waals surface area contributed by atoms with Crippen LogP contribution in [0.2, 0.25) is 0 Å². The number of ether oxygens (including phenoxy) is 5. The Morgan fingerprint density at radius 1 is 0.849 bits per heavy atom. The van der Waals surface area contributed by atoms with Crippen molar-refractivity contribution >= 4 is 29.8 Å². The number of carbonyl (C=O) groups excluding carboxylic acids is 5. The third-order valence-electron chi connectivity index (χ3n) is 8.89. The van der Waals surface area contributed by atoms with E-state index in [1.807, 2.05) is 0 Å². The van der Waals surface area contributed by atoms with Gasteiger partial charge in [-0.25, -0.2) is 9.48 Å². The Hall–Kier alpha value is -5.63. The van der Waals surface area contributed by atoms with Crippen LogP contribution in [0, 0.1) is 6.92 Å². The predicted molar refractivity (Wildman–Crippen MR) is 191 cm³/mol. The van der Waals surface area contributed by atoms with Gasteiger partial charge in [-0.1, -0.05) is 79.7 Å². The topological polar surface area (TPSA) is 174 Å². The third-order valence-corrected chi connectivity index (χ3v) is 8.89. The summed E-state index contributed by atoms with van der Waals surface area (Å²) in [6.45, 7) is 10.7. The zero-order chi connectivity index (χ0) is 38.4. The van der Waals surface area contributed by atoms with Gasteiger partial charge in [0, 0.05) is 39.7 Å². The lowest BCUT2D eigenvalue weighted by molar-refractivity contribution is -0.239. The fraction of sp³-hybridized carbons (Fsp3) is 0.410. The number of hydrogen-bond acceptors (Lipinski definition) is 12. The Morgan fingerprint density at radius 2 is 1.55 bits per heavy atom. The van der Waals surface area contributed by atoms with E-state index in [0.29, 0.717) is 17.9 Å². The maximum Gasteiger partial charge on any atom is 0.361 e. The molecular formula is C39H44N4O10. The van der Waals surface area contributed by atoms with Crippen molar-refractivity contribution in [1.82, 2.24) is 20.3 Å². The highest BCUT2D eigenvalue weighted by molar-refractivity contribution is 5.94. The summed E-state index contributed by atoms with van der Waals surface area (Å²) in [5, 5.41) is 11.3. The SMILES string of the molecule is CC(=O)N[C@@H]1[C@@H](OC(C)=O)[C@H](OC(C)=O)[C@@H](COC(C)=O)O[C@H]1n1nnc(C(=O)OCCc2ccc(C(C)C)cc3c(C)ccc2-3)c1-c1ccccc1. The Labute approximate surface area is 307 Å². The van der Waals surface area contributed by atoms with E-state index in [1.165, 1.54) is 24.1 Å². The fourth-order valence-corrected chi connectivity index (χ4v) is 6.46. The Morgan fingerprint density at radius 3 is 2.19 bits per heavy atom. The van der Waals surface area contributed by atoms with Gasteiger partial charge in [0.2, 0.25) is 5.91 Å². The Bertz CT molecular complexity index is 1940. The smallest absolute Gasteiger partial charge is 0.361 e. The summed E-state index contributed by atoms with van der Waals surface area (Å²) in [7, 11) is 0. The van der Waals surface area contributed by atoms with Crippen LogP contribution < -0.4 is 5.32 Å². The normalized spacial score (nSPS) is 19.7. The van der Waals surface area contributed by atoms with E-state index in [1.54, 1.807) is 30.3 Å². The van der Waals surface area contributed by atoms with Gasteiger partial charge in [-0.3, -0.25) is 19.2 Å². The van der Waals surface area contributed by atoms with Crippen LogP contribution in [0.1, 0.15) is 80.9 Å². The van der Waals surface area contributed by atoms with Crippen molar-refractivity contribution in [2.24, 2.45) is 0 Å². The van der Waals surface area contributed by atoms with Crippen LogP contribution in [-0.2, 0) is 49.3 Å². The van der Waals surface area contributed by atoms with Crippen molar-refractivity contribution in [3.05, 3.63) is 83.0 Å². The second-order valence-corrected chi connectivity index (χ2v) is 13.2. The molecule has 5 rings (SSSR count). The molecule has 1 aromatic carbocycles. The van der Waals surface area contributed by atoms with Crippen LogP contribution in [0.3, 0.4) is 0 Å². The number of carbonyl (C=O) groups is 5. The maximum atomic E-state index is 13.8. The number of fused-ring (bicyclic) bond motifs is 1. The number of rotatable bonds is 12. The molecule has 2 aliphatic carbocycles. The number of esters is 4. The molecule has 0 radical (unpaired) electrons. The first-order valence-corrected chi connectivity index (χ1v) is 17.3. The van der Waals surface area contributed by atoms with Crippen molar-refractivity contribution in [3.63, 3.8) is 0 Å². The van der Waals surface area contributed by atoms with Crippen molar-refractivity contribution in [3.8, 4) is 22.4 Å². The summed E-state index contributed by atoms with van der Waals surface area (Å²) in [5.74, 6) is -3.09. The molecule has 2 heterocycles. The lowest BCUT2D eigenvalue weighted by atomic mass is 9.94. The van der Waals surface area contributed by atoms with Crippen LogP contribution >= 0.6 is 0 Å². The number of aromatic nitrogens is 3. The first kappa shape index (κ1) is 38.6. The quantitative estimate of drug-likeness (QED) is 0.157. The second kappa shape index (κ2) is 16.8. The van der Waals surface area contributed by atoms with Crippen LogP contribution in [0.5, 0.6) is 0 Å². The summed E-state index contributed by atoms with van der Waals surface area (Å²) < 4.78 is 29.9. The summed E-state index contributed by atoms with van der Waals surface area (Å²) >= 11 is 0. The number of benzene rings is 1. The van der Waals surface area contributed by atoms with E-state index in [-0.39, 0.29) is 18.0 Å². The minimum absolute atomic E-state index is 0.0395. The molecule has 14 nitrogen and oxygen atoms in total. The van der Waals surface area contributed by atoms with Gasteiger partial charge in [0.05, 0.1) is 6.61 Å². The molecule has 1 aromatic heterocycles. The van der Waals surface area contributed by atoms with Crippen LogP contribution in [0.4, 0.5) is 0 Å². The number of nitrogens with zero attached hydrogens (tertiary/aromatic N) is 3. The van der Waals surface area contributed by atoms with Gasteiger partial charge in [0.25, 0.3) is 0 Å². The van der Waals surface area contributed by atoms with Gasteiger partial charge < -0.3 is 29.0 Å². The van der Waals surface area contributed by atoms with Gasteiger partial charge in [0.15, 0.2) is 24.1 Å². The third kappa shape index (κ3) is 9.06. The highest BCUT2D eigenvalue weighted by Gasteiger charge is 2.52. The lowest BCUT2D eigenvalue weighted by Crippen LogP contribution is -2.64. The molecule has 14 heteroatoms. The molecule has 5 atom stereocenters. The van der Waals surface area contributed by atoms with E-state index in [2.05, 4.69) is 66.7 Å². The molecule has 53 heavy (non-hydrogen) atoms. The fourth-order valence-electron chi connectivity index (χ4n) is 6.46. The average Bonchev–Trinajstić information content (AvgIpc) is 3.64. The molecule has 1 saturated heterocycles. The van der Waals surface area contributed by atoms with Gasteiger partial charge in [-0.05, 0) is 40.7 Å². The minimum Gasteiger partial charge on any atom is -0.463 e. The molecule has 0 bridgehead atoms. The van der Waals surface area contributed by atoms with Crippen molar-refractivity contribution < 1.29 is 47.7 Å². The molecule has 0 saturated carbocycles. The molecule has 1 amide bonds. The van der Waals surface area contributed by atoms with Crippen molar-refractivity contribution in [2.45, 2.75) is 91.4 Å². The number of aryl methyl sites for hydroxylation is 1. The molecule has 3 aliphatic rings. The summed E-state index contributed by atoms with van der Waals surface area (Å²) in [6.07, 6.45) is -4.75. The van der Waals surface area contributed by atoms with E-state index in [0.717, 1.165) is 36.1 Å². The van der Waals surface area contributed by atoms with Crippen LogP contribution in [0.25, 0.3) is 22.4 Å². The average molecular weight is 729 g/mol. The molecule has 1 N–H and O–H groups in total. The van der Waals surface area contributed by atoms with E-state index in [4.69, 9.17) is 23.7 Å². The van der Waals surface area contributed by atoms with Crippen molar-refractivity contribution in [2.75, 3.05) is 13.2 Å². The predicted octanol–water partition coefficient (Wildman–Crippen LogP) is 4.71. The van der Waals surface area contributed by atoms with Gasteiger partial charge in [-0.15, -0.1) is 5.10 Å². The Balaban J connectivity index is 1.52. The standard InChI is InChI=1S/C39H44N4O10/c1-21(2)29-15-14-27(30-16-13-22(3)31(30)19-29)17-18-49-39(48)33-35(28-11-9-8-10-12-28)43(42-41-33)38-34(40-23(4)44)37(52-26(7)47)36(51-25(6)46)32(53-38)20-50-24(5)45/h8-16,19,21,32,34,36-38H,17-18,20H2,1-7H3,(H,40,44)/t32-,34-,36-,37-,38-/m1/s1. The molecule has 1 aliphatic heterocycles. The number of nitrogens with one attached hydrogen (secondary N) is 1. The van der Waals surface area contributed by atoms with Crippen LogP contribution in [0.15, 0.2) is 60.7 Å². The van der Waals surface area contributed by atoms with E-state index >= 15 is 0 Å². The molecule has 0 unspecified atom stereocenters.